The molecule has 2 amide bonds. The molecular formula is C13H19N3O. The van der Waals surface area contributed by atoms with Crippen molar-refractivity contribution in [3.05, 3.63) is 29.8 Å². The first-order valence-corrected chi connectivity index (χ1v) is 6.09. The first-order chi connectivity index (χ1) is 8.24. The van der Waals surface area contributed by atoms with Crippen molar-refractivity contribution in [2.24, 2.45) is 0 Å². The van der Waals surface area contributed by atoms with Gasteiger partial charge in [-0.15, -0.1) is 0 Å². The van der Waals surface area contributed by atoms with Crippen molar-refractivity contribution < 1.29 is 4.79 Å². The van der Waals surface area contributed by atoms with Gasteiger partial charge in [-0.25, -0.2) is 4.79 Å². The van der Waals surface area contributed by atoms with E-state index in [1.54, 1.807) is 0 Å². The van der Waals surface area contributed by atoms with E-state index >= 15 is 0 Å². The minimum Gasteiger partial charge on any atom is -0.336 e. The highest BCUT2D eigenvalue weighted by Crippen LogP contribution is 2.08. The third-order valence-electron chi connectivity index (χ3n) is 2.98. The molecule has 2 rings (SSSR count). The molecule has 1 heterocycles. The van der Waals surface area contributed by atoms with Crippen LogP contribution in [0.2, 0.25) is 0 Å². The van der Waals surface area contributed by atoms with Crippen LogP contribution in [0, 0.1) is 6.92 Å². The molecule has 1 aromatic rings. The van der Waals surface area contributed by atoms with E-state index in [4.69, 9.17) is 0 Å². The first kappa shape index (κ1) is 11.9. The number of rotatable bonds is 3. The molecule has 1 fully saturated rings. The van der Waals surface area contributed by atoms with E-state index in [9.17, 15) is 4.79 Å². The summed E-state index contributed by atoms with van der Waals surface area (Å²) in [6.07, 6.45) is 2.34. The maximum atomic E-state index is 11.6. The average molecular weight is 233 g/mol. The Kier molecular flexibility index (Phi) is 3.98. The number of urea groups is 1. The van der Waals surface area contributed by atoms with Gasteiger partial charge in [0, 0.05) is 18.3 Å². The number of carbonyl (C=O) groups excluding carboxylic acids is 1. The van der Waals surface area contributed by atoms with E-state index in [1.165, 1.54) is 12.0 Å². The van der Waals surface area contributed by atoms with Gasteiger partial charge in [-0.1, -0.05) is 17.7 Å². The van der Waals surface area contributed by atoms with Crippen molar-refractivity contribution in [2.75, 3.05) is 18.4 Å². The standard InChI is InChI=1S/C13H19N3O/c1-10-4-6-11(7-5-10)16-13(17)15-9-12-3-2-8-14-12/h4-7,12,14H,2-3,8-9H2,1H3,(H2,15,16,17)/t12-/m0/s1. The van der Waals surface area contributed by atoms with Crippen LogP contribution in [0.3, 0.4) is 0 Å². The molecule has 4 nitrogen and oxygen atoms in total. The lowest BCUT2D eigenvalue weighted by Gasteiger charge is -2.12. The molecule has 1 aliphatic heterocycles. The molecule has 92 valence electrons. The van der Waals surface area contributed by atoms with Crippen LogP contribution in [-0.4, -0.2) is 25.2 Å². The summed E-state index contributed by atoms with van der Waals surface area (Å²) in [7, 11) is 0. The number of benzene rings is 1. The summed E-state index contributed by atoms with van der Waals surface area (Å²) in [5.41, 5.74) is 2.01. The summed E-state index contributed by atoms with van der Waals surface area (Å²) in [5.74, 6) is 0. The molecule has 0 unspecified atom stereocenters. The molecule has 3 N–H and O–H groups in total. The zero-order valence-corrected chi connectivity index (χ0v) is 10.1. The van der Waals surface area contributed by atoms with Gasteiger partial charge in [0.15, 0.2) is 0 Å². The van der Waals surface area contributed by atoms with Gasteiger partial charge in [0.25, 0.3) is 0 Å². The minimum atomic E-state index is -0.137. The Bertz CT molecular complexity index is 369. The fourth-order valence-electron chi connectivity index (χ4n) is 1.96. The van der Waals surface area contributed by atoms with Crippen LogP contribution in [0.5, 0.6) is 0 Å². The predicted molar refractivity (Wildman–Crippen MR) is 69.2 cm³/mol. The largest absolute Gasteiger partial charge is 0.336 e. The maximum absolute atomic E-state index is 11.6. The summed E-state index contributed by atoms with van der Waals surface area (Å²) in [6, 6.07) is 8.06. The molecular weight excluding hydrogens is 214 g/mol. The minimum absolute atomic E-state index is 0.137. The van der Waals surface area contributed by atoms with Gasteiger partial charge < -0.3 is 16.0 Å². The average Bonchev–Trinajstić information content (AvgIpc) is 2.83. The van der Waals surface area contributed by atoms with Crippen molar-refractivity contribution >= 4 is 11.7 Å². The van der Waals surface area contributed by atoms with Gasteiger partial charge in [0.2, 0.25) is 0 Å². The van der Waals surface area contributed by atoms with E-state index < -0.39 is 0 Å². The SMILES string of the molecule is Cc1ccc(NC(=O)NC[C@@H]2CCCN2)cc1. The third kappa shape index (κ3) is 3.75. The Morgan fingerprint density at radius 2 is 2.18 bits per heavy atom. The van der Waals surface area contributed by atoms with Crippen LogP contribution < -0.4 is 16.0 Å². The number of carbonyl (C=O) groups is 1. The lowest BCUT2D eigenvalue weighted by molar-refractivity contribution is 0.251. The van der Waals surface area contributed by atoms with Gasteiger partial charge >= 0.3 is 6.03 Å². The molecule has 0 bridgehead atoms. The number of amides is 2. The second kappa shape index (κ2) is 5.68. The highest BCUT2D eigenvalue weighted by molar-refractivity contribution is 5.89. The Labute approximate surface area is 102 Å². The summed E-state index contributed by atoms with van der Waals surface area (Å²) in [5, 5.41) is 9.03. The summed E-state index contributed by atoms with van der Waals surface area (Å²) in [4.78, 5) is 11.6. The van der Waals surface area contributed by atoms with Crippen molar-refractivity contribution in [1.29, 1.82) is 0 Å². The normalized spacial score (nSPS) is 19.0. The predicted octanol–water partition coefficient (Wildman–Crippen LogP) is 1.87. The van der Waals surface area contributed by atoms with Crippen LogP contribution in [-0.2, 0) is 0 Å². The quantitative estimate of drug-likeness (QED) is 0.746. The van der Waals surface area contributed by atoms with Crippen LogP contribution in [0.1, 0.15) is 18.4 Å². The Morgan fingerprint density at radius 1 is 1.41 bits per heavy atom. The molecule has 1 atom stereocenters. The highest BCUT2D eigenvalue weighted by atomic mass is 16.2. The van der Waals surface area contributed by atoms with Crippen LogP contribution in [0.25, 0.3) is 0 Å². The van der Waals surface area contributed by atoms with E-state index in [-0.39, 0.29) is 6.03 Å². The number of aryl methyl sites for hydroxylation is 1. The second-order valence-corrected chi connectivity index (χ2v) is 4.49. The highest BCUT2D eigenvalue weighted by Gasteiger charge is 2.14. The van der Waals surface area contributed by atoms with Gasteiger partial charge in [-0.05, 0) is 38.4 Å². The Balaban J connectivity index is 1.74. The molecule has 17 heavy (non-hydrogen) atoms. The number of hydrogen-bond donors (Lipinski definition) is 3. The topological polar surface area (TPSA) is 53.2 Å². The molecule has 0 aliphatic carbocycles. The molecule has 4 heteroatoms. The zero-order chi connectivity index (χ0) is 12.1. The van der Waals surface area contributed by atoms with E-state index in [2.05, 4.69) is 16.0 Å². The van der Waals surface area contributed by atoms with Gasteiger partial charge in [0.1, 0.15) is 0 Å². The van der Waals surface area contributed by atoms with Crippen LogP contribution in [0.4, 0.5) is 10.5 Å². The van der Waals surface area contributed by atoms with Crippen molar-refractivity contribution in [1.82, 2.24) is 10.6 Å². The van der Waals surface area contributed by atoms with Gasteiger partial charge in [-0.2, -0.15) is 0 Å². The van der Waals surface area contributed by atoms with Crippen molar-refractivity contribution in [3.8, 4) is 0 Å². The monoisotopic (exact) mass is 233 g/mol. The molecule has 1 aliphatic rings. The molecule has 1 saturated heterocycles. The van der Waals surface area contributed by atoms with Crippen LogP contribution in [0.15, 0.2) is 24.3 Å². The fraction of sp³-hybridized carbons (Fsp3) is 0.462. The number of nitrogens with one attached hydrogen (secondary N) is 3. The van der Waals surface area contributed by atoms with E-state index in [0.717, 1.165) is 18.7 Å². The summed E-state index contributed by atoms with van der Waals surface area (Å²) >= 11 is 0. The second-order valence-electron chi connectivity index (χ2n) is 4.49. The number of anilines is 1. The zero-order valence-electron chi connectivity index (χ0n) is 10.1. The molecule has 0 saturated carbocycles. The maximum Gasteiger partial charge on any atom is 0.319 e. The molecule has 0 spiro atoms. The third-order valence-corrected chi connectivity index (χ3v) is 2.98. The number of hydrogen-bond acceptors (Lipinski definition) is 2. The van der Waals surface area contributed by atoms with Crippen molar-refractivity contribution in [3.63, 3.8) is 0 Å². The van der Waals surface area contributed by atoms with Gasteiger partial charge in [0.05, 0.1) is 0 Å². The Morgan fingerprint density at radius 3 is 2.82 bits per heavy atom. The molecule has 0 radical (unpaired) electrons. The van der Waals surface area contributed by atoms with Gasteiger partial charge in [-0.3, -0.25) is 0 Å². The fourth-order valence-corrected chi connectivity index (χ4v) is 1.96. The van der Waals surface area contributed by atoms with Crippen LogP contribution >= 0.6 is 0 Å². The van der Waals surface area contributed by atoms with E-state index in [1.807, 2.05) is 31.2 Å². The lowest BCUT2D eigenvalue weighted by Crippen LogP contribution is -2.39. The lowest BCUT2D eigenvalue weighted by atomic mass is 10.2. The Hall–Kier alpha value is -1.55. The smallest absolute Gasteiger partial charge is 0.319 e. The molecule has 1 aromatic carbocycles. The van der Waals surface area contributed by atoms with E-state index in [0.29, 0.717) is 12.6 Å². The first-order valence-electron chi connectivity index (χ1n) is 6.09. The summed E-state index contributed by atoms with van der Waals surface area (Å²) < 4.78 is 0. The van der Waals surface area contributed by atoms with Crippen molar-refractivity contribution in [2.45, 2.75) is 25.8 Å². The molecule has 0 aromatic heterocycles. The summed E-state index contributed by atoms with van der Waals surface area (Å²) in [6.45, 7) is 3.78.